The van der Waals surface area contributed by atoms with Crippen LogP contribution in [0.4, 0.5) is 0 Å². The highest BCUT2D eigenvalue weighted by Crippen LogP contribution is 2.37. The van der Waals surface area contributed by atoms with Crippen LogP contribution >= 0.6 is 15.9 Å². The minimum absolute atomic E-state index is 0.338. The first-order chi connectivity index (χ1) is 8.27. The third-order valence-corrected chi connectivity index (χ3v) is 3.79. The van der Waals surface area contributed by atoms with Crippen LogP contribution < -0.4 is 0 Å². The first-order valence-electron chi connectivity index (χ1n) is 5.86. The maximum absolute atomic E-state index is 5.69. The summed E-state index contributed by atoms with van der Waals surface area (Å²) in [6.45, 7) is 1.44. The van der Waals surface area contributed by atoms with Gasteiger partial charge in [0.2, 0.25) is 0 Å². The lowest BCUT2D eigenvalue weighted by molar-refractivity contribution is -0.159. The number of hydrogen-bond donors (Lipinski definition) is 0. The van der Waals surface area contributed by atoms with Crippen molar-refractivity contribution >= 4 is 21.5 Å². The van der Waals surface area contributed by atoms with Crippen molar-refractivity contribution in [3.63, 3.8) is 0 Å². The van der Waals surface area contributed by atoms with Gasteiger partial charge >= 0.3 is 0 Å². The molecule has 1 aromatic heterocycles. The van der Waals surface area contributed by atoms with E-state index in [0.717, 1.165) is 42.6 Å². The molecule has 1 aromatic rings. The lowest BCUT2D eigenvalue weighted by atomic mass is 9.92. The van der Waals surface area contributed by atoms with E-state index in [1.54, 1.807) is 0 Å². The first-order valence-corrected chi connectivity index (χ1v) is 6.66. The molecule has 0 amide bonds. The van der Waals surface area contributed by atoms with Gasteiger partial charge in [-0.2, -0.15) is 0 Å². The maximum Gasteiger partial charge on any atom is 0.172 e. The Morgan fingerprint density at radius 3 is 2.76 bits per heavy atom. The first kappa shape index (κ1) is 11.4. The molecule has 3 rings (SSSR count). The Labute approximate surface area is 109 Å². The average molecular weight is 296 g/mol. The molecule has 0 radical (unpaired) electrons. The van der Waals surface area contributed by atoms with Crippen LogP contribution in [-0.4, -0.2) is 24.0 Å². The Bertz CT molecular complexity index is 452. The van der Waals surface area contributed by atoms with Gasteiger partial charge in [0.15, 0.2) is 5.79 Å². The second-order valence-corrected chi connectivity index (χ2v) is 5.32. The number of allylic oxidation sites excluding steroid dienone is 1. The molecular weight excluding hydrogens is 282 g/mol. The SMILES string of the molecule is Brc1ccnc(C2=CCC3(CC2)OCCO3)c1. The zero-order valence-corrected chi connectivity index (χ0v) is 11.1. The topological polar surface area (TPSA) is 31.4 Å². The molecule has 2 aliphatic rings. The fourth-order valence-electron chi connectivity index (χ4n) is 2.38. The summed E-state index contributed by atoms with van der Waals surface area (Å²) in [5, 5.41) is 0. The van der Waals surface area contributed by atoms with Gasteiger partial charge < -0.3 is 9.47 Å². The van der Waals surface area contributed by atoms with Crippen molar-refractivity contribution in [3.8, 4) is 0 Å². The number of pyridine rings is 1. The van der Waals surface area contributed by atoms with Crippen LogP contribution in [0.5, 0.6) is 0 Å². The molecule has 2 heterocycles. The molecule has 1 spiro atoms. The maximum atomic E-state index is 5.69. The molecule has 90 valence electrons. The number of rotatable bonds is 1. The van der Waals surface area contributed by atoms with Gasteiger partial charge in [-0.1, -0.05) is 22.0 Å². The minimum atomic E-state index is -0.338. The molecular formula is C13H14BrNO2. The standard InChI is InChI=1S/C13H14BrNO2/c14-11-3-6-15-12(9-11)10-1-4-13(5-2-10)16-7-8-17-13/h1,3,6,9H,2,4-5,7-8H2. The smallest absolute Gasteiger partial charge is 0.172 e. The Balaban J connectivity index is 1.80. The lowest BCUT2D eigenvalue weighted by Crippen LogP contribution is -2.31. The van der Waals surface area contributed by atoms with E-state index >= 15 is 0 Å². The molecule has 3 nitrogen and oxygen atoms in total. The summed E-state index contributed by atoms with van der Waals surface area (Å²) in [6.07, 6.45) is 6.74. The summed E-state index contributed by atoms with van der Waals surface area (Å²) in [6, 6.07) is 4.00. The molecule has 4 heteroatoms. The van der Waals surface area contributed by atoms with Gasteiger partial charge in [0.05, 0.1) is 18.9 Å². The number of ether oxygens (including phenoxy) is 2. The zero-order valence-electron chi connectivity index (χ0n) is 9.49. The van der Waals surface area contributed by atoms with E-state index in [2.05, 4.69) is 33.1 Å². The predicted octanol–water partition coefficient (Wildman–Crippen LogP) is 3.15. The highest BCUT2D eigenvalue weighted by atomic mass is 79.9. The summed E-state index contributed by atoms with van der Waals surface area (Å²) in [5.41, 5.74) is 2.34. The second-order valence-electron chi connectivity index (χ2n) is 4.40. The largest absolute Gasteiger partial charge is 0.347 e. The van der Waals surface area contributed by atoms with E-state index in [9.17, 15) is 0 Å². The Kier molecular flexibility index (Phi) is 3.03. The van der Waals surface area contributed by atoms with Crippen molar-refractivity contribution in [2.24, 2.45) is 0 Å². The Hall–Kier alpha value is -0.710. The van der Waals surface area contributed by atoms with Crippen molar-refractivity contribution in [1.29, 1.82) is 0 Å². The normalized spacial score (nSPS) is 22.8. The molecule has 1 saturated heterocycles. The highest BCUT2D eigenvalue weighted by molar-refractivity contribution is 9.10. The third-order valence-electron chi connectivity index (χ3n) is 3.30. The van der Waals surface area contributed by atoms with Crippen LogP contribution in [0.25, 0.3) is 5.57 Å². The van der Waals surface area contributed by atoms with Crippen LogP contribution in [0.15, 0.2) is 28.9 Å². The summed E-state index contributed by atoms with van der Waals surface area (Å²) < 4.78 is 12.5. The quantitative estimate of drug-likeness (QED) is 0.797. The number of halogens is 1. The molecule has 0 aromatic carbocycles. The molecule has 17 heavy (non-hydrogen) atoms. The van der Waals surface area contributed by atoms with E-state index in [1.807, 2.05) is 12.3 Å². The molecule has 0 atom stereocenters. The Morgan fingerprint density at radius 1 is 1.29 bits per heavy atom. The summed E-state index contributed by atoms with van der Waals surface area (Å²) in [5.74, 6) is -0.338. The van der Waals surface area contributed by atoms with E-state index in [0.29, 0.717) is 0 Å². The van der Waals surface area contributed by atoms with Gasteiger partial charge in [-0.15, -0.1) is 0 Å². The summed E-state index contributed by atoms with van der Waals surface area (Å²) in [4.78, 5) is 4.40. The van der Waals surface area contributed by atoms with Crippen molar-refractivity contribution in [1.82, 2.24) is 4.98 Å². The zero-order chi connectivity index (χ0) is 11.7. The number of hydrogen-bond acceptors (Lipinski definition) is 3. The van der Waals surface area contributed by atoms with Gasteiger partial charge in [0, 0.05) is 23.5 Å². The molecule has 0 saturated carbocycles. The predicted molar refractivity (Wildman–Crippen MR) is 68.4 cm³/mol. The number of nitrogens with zero attached hydrogens (tertiary/aromatic N) is 1. The van der Waals surface area contributed by atoms with Crippen molar-refractivity contribution in [3.05, 3.63) is 34.6 Å². The van der Waals surface area contributed by atoms with Gasteiger partial charge in [-0.25, -0.2) is 0 Å². The molecule has 1 fully saturated rings. The van der Waals surface area contributed by atoms with Gasteiger partial charge in [-0.05, 0) is 24.1 Å². The van der Waals surface area contributed by atoms with Crippen LogP contribution in [0, 0.1) is 0 Å². The molecule has 0 N–H and O–H groups in total. The van der Waals surface area contributed by atoms with Crippen molar-refractivity contribution < 1.29 is 9.47 Å². The van der Waals surface area contributed by atoms with E-state index in [1.165, 1.54) is 5.57 Å². The summed E-state index contributed by atoms with van der Waals surface area (Å²) in [7, 11) is 0. The molecule has 0 unspecified atom stereocenters. The number of aromatic nitrogens is 1. The average Bonchev–Trinajstić information content (AvgIpc) is 2.79. The van der Waals surface area contributed by atoms with Crippen LogP contribution in [0.3, 0.4) is 0 Å². The monoisotopic (exact) mass is 295 g/mol. The van der Waals surface area contributed by atoms with Gasteiger partial charge in [-0.3, -0.25) is 4.98 Å². The minimum Gasteiger partial charge on any atom is -0.347 e. The molecule has 1 aliphatic heterocycles. The van der Waals surface area contributed by atoms with Gasteiger partial charge in [0.25, 0.3) is 0 Å². The van der Waals surface area contributed by atoms with Crippen molar-refractivity contribution in [2.45, 2.75) is 25.0 Å². The third kappa shape index (κ3) is 2.30. The summed E-state index contributed by atoms with van der Waals surface area (Å²) >= 11 is 3.47. The van der Waals surface area contributed by atoms with Gasteiger partial charge in [0.1, 0.15) is 0 Å². The van der Waals surface area contributed by atoms with Crippen LogP contribution in [-0.2, 0) is 9.47 Å². The molecule has 1 aliphatic carbocycles. The van der Waals surface area contributed by atoms with E-state index in [-0.39, 0.29) is 5.79 Å². The Morgan fingerprint density at radius 2 is 2.12 bits per heavy atom. The fraction of sp³-hybridized carbons (Fsp3) is 0.462. The highest BCUT2D eigenvalue weighted by Gasteiger charge is 2.37. The second kappa shape index (κ2) is 4.52. The van der Waals surface area contributed by atoms with E-state index < -0.39 is 0 Å². The van der Waals surface area contributed by atoms with Crippen LogP contribution in [0.1, 0.15) is 25.0 Å². The fourth-order valence-corrected chi connectivity index (χ4v) is 2.72. The van der Waals surface area contributed by atoms with Crippen LogP contribution in [0.2, 0.25) is 0 Å². The van der Waals surface area contributed by atoms with Crippen molar-refractivity contribution in [2.75, 3.05) is 13.2 Å². The van der Waals surface area contributed by atoms with E-state index in [4.69, 9.17) is 9.47 Å². The lowest BCUT2D eigenvalue weighted by Gasteiger charge is -2.30. The molecule has 0 bridgehead atoms.